The van der Waals surface area contributed by atoms with Gasteiger partial charge in [0.15, 0.2) is 0 Å². The number of carbonyl (C=O) groups excluding carboxylic acids is 1. The minimum Gasteiger partial charge on any atom is -0.340 e. The fourth-order valence-corrected chi connectivity index (χ4v) is 1.05. The Bertz CT molecular complexity index is 209. The summed E-state index contributed by atoms with van der Waals surface area (Å²) < 4.78 is 0. The summed E-state index contributed by atoms with van der Waals surface area (Å²) in [5.41, 5.74) is 5.03. The fraction of sp³-hybridized carbons (Fsp3) is 0.909. The van der Waals surface area contributed by atoms with Crippen molar-refractivity contribution < 1.29 is 4.79 Å². The first-order chi connectivity index (χ1) is 6.19. The molecule has 0 saturated heterocycles. The molecule has 0 unspecified atom stereocenters. The minimum atomic E-state index is -0.457. The second-order valence-electron chi connectivity index (χ2n) is 5.12. The lowest BCUT2D eigenvalue weighted by Gasteiger charge is -2.39. The van der Waals surface area contributed by atoms with Crippen LogP contribution in [-0.4, -0.2) is 29.9 Å². The van der Waals surface area contributed by atoms with E-state index in [1.54, 1.807) is 4.90 Å². The fourth-order valence-electron chi connectivity index (χ4n) is 1.05. The molecule has 0 spiro atoms. The Kier molecular flexibility index (Phi) is 4.13. The molecule has 0 bridgehead atoms. The molecule has 0 atom stereocenters. The van der Waals surface area contributed by atoms with E-state index in [1.165, 1.54) is 0 Å². The number of hydrogen-bond donors (Lipinski definition) is 1. The van der Waals surface area contributed by atoms with Crippen LogP contribution in [-0.2, 0) is 4.79 Å². The molecule has 0 aromatic heterocycles. The van der Waals surface area contributed by atoms with Gasteiger partial charge in [-0.2, -0.15) is 0 Å². The van der Waals surface area contributed by atoms with Crippen LogP contribution in [0, 0.1) is 5.41 Å². The standard InChI is InChI=1S/C11H24N2O/c1-7-11(4,5)13(6)9(14)10(2,3)8-12/h7-8,12H2,1-6H3. The molecular formula is C11H24N2O. The maximum absolute atomic E-state index is 12.0. The van der Waals surface area contributed by atoms with E-state index in [4.69, 9.17) is 5.73 Å². The molecule has 0 aliphatic carbocycles. The minimum absolute atomic E-state index is 0.0937. The molecule has 3 heteroatoms. The van der Waals surface area contributed by atoms with Crippen LogP contribution in [0.5, 0.6) is 0 Å². The van der Waals surface area contributed by atoms with Gasteiger partial charge in [-0.05, 0) is 34.1 Å². The number of carbonyl (C=O) groups is 1. The predicted molar refractivity (Wildman–Crippen MR) is 60.0 cm³/mol. The summed E-state index contributed by atoms with van der Waals surface area (Å²) in [6, 6.07) is 0. The number of rotatable bonds is 4. The molecule has 0 aromatic carbocycles. The van der Waals surface area contributed by atoms with Crippen molar-refractivity contribution in [2.45, 2.75) is 46.6 Å². The molecule has 0 aliphatic heterocycles. The van der Waals surface area contributed by atoms with Crippen molar-refractivity contribution in [3.63, 3.8) is 0 Å². The van der Waals surface area contributed by atoms with Gasteiger partial charge in [-0.25, -0.2) is 0 Å². The van der Waals surface area contributed by atoms with E-state index in [1.807, 2.05) is 20.9 Å². The molecule has 0 rings (SSSR count). The van der Waals surface area contributed by atoms with Crippen molar-refractivity contribution in [3.8, 4) is 0 Å². The quantitative estimate of drug-likeness (QED) is 0.749. The highest BCUT2D eigenvalue weighted by Gasteiger charge is 2.34. The maximum atomic E-state index is 12.0. The third kappa shape index (κ3) is 2.71. The summed E-state index contributed by atoms with van der Waals surface area (Å²) in [5, 5.41) is 0. The lowest BCUT2D eigenvalue weighted by atomic mass is 9.89. The van der Waals surface area contributed by atoms with Gasteiger partial charge in [-0.1, -0.05) is 6.92 Å². The van der Waals surface area contributed by atoms with Gasteiger partial charge in [0, 0.05) is 19.1 Å². The lowest BCUT2D eigenvalue weighted by Crippen LogP contribution is -2.51. The molecule has 0 radical (unpaired) electrons. The van der Waals surface area contributed by atoms with Crippen LogP contribution in [0.1, 0.15) is 41.0 Å². The molecule has 14 heavy (non-hydrogen) atoms. The molecule has 2 N–H and O–H groups in total. The zero-order valence-corrected chi connectivity index (χ0v) is 10.3. The van der Waals surface area contributed by atoms with Gasteiger partial charge in [-0.3, -0.25) is 4.79 Å². The van der Waals surface area contributed by atoms with Crippen LogP contribution in [0.15, 0.2) is 0 Å². The number of nitrogens with zero attached hydrogens (tertiary/aromatic N) is 1. The summed E-state index contributed by atoms with van der Waals surface area (Å²) in [6.07, 6.45) is 0.940. The highest BCUT2D eigenvalue weighted by Crippen LogP contribution is 2.24. The molecule has 3 nitrogen and oxygen atoms in total. The SMILES string of the molecule is CCC(C)(C)N(C)C(=O)C(C)(C)CN. The summed E-state index contributed by atoms with van der Waals surface area (Å²) in [4.78, 5) is 13.9. The first-order valence-corrected chi connectivity index (χ1v) is 5.17. The molecule has 0 aliphatic rings. The largest absolute Gasteiger partial charge is 0.340 e. The second kappa shape index (κ2) is 4.30. The van der Waals surface area contributed by atoms with E-state index in [0.717, 1.165) is 6.42 Å². The zero-order valence-electron chi connectivity index (χ0n) is 10.3. The van der Waals surface area contributed by atoms with Crippen molar-refractivity contribution in [1.29, 1.82) is 0 Å². The van der Waals surface area contributed by atoms with Crippen molar-refractivity contribution in [2.24, 2.45) is 11.1 Å². The van der Waals surface area contributed by atoms with E-state index in [0.29, 0.717) is 6.54 Å². The van der Waals surface area contributed by atoms with E-state index in [-0.39, 0.29) is 11.4 Å². The molecule has 0 heterocycles. The van der Waals surface area contributed by atoms with Crippen LogP contribution in [0.25, 0.3) is 0 Å². The number of hydrogen-bond acceptors (Lipinski definition) is 2. The first kappa shape index (κ1) is 13.4. The topological polar surface area (TPSA) is 46.3 Å². The average Bonchev–Trinajstić information content (AvgIpc) is 2.15. The van der Waals surface area contributed by atoms with Crippen LogP contribution < -0.4 is 5.73 Å². The number of nitrogens with two attached hydrogens (primary N) is 1. The van der Waals surface area contributed by atoms with Crippen molar-refractivity contribution >= 4 is 5.91 Å². The van der Waals surface area contributed by atoms with Crippen molar-refractivity contribution in [3.05, 3.63) is 0 Å². The van der Waals surface area contributed by atoms with Gasteiger partial charge in [0.2, 0.25) is 5.91 Å². The predicted octanol–water partition coefficient (Wildman–Crippen LogP) is 1.62. The van der Waals surface area contributed by atoms with Gasteiger partial charge in [-0.15, -0.1) is 0 Å². The molecule has 0 fully saturated rings. The van der Waals surface area contributed by atoms with Crippen LogP contribution in [0.4, 0.5) is 0 Å². The van der Waals surface area contributed by atoms with Gasteiger partial charge in [0.05, 0.1) is 5.41 Å². The Hall–Kier alpha value is -0.570. The van der Waals surface area contributed by atoms with E-state index in [2.05, 4.69) is 20.8 Å². The van der Waals surface area contributed by atoms with Crippen LogP contribution in [0.3, 0.4) is 0 Å². The van der Waals surface area contributed by atoms with Gasteiger partial charge in [0.25, 0.3) is 0 Å². The normalized spacial score (nSPS) is 12.8. The maximum Gasteiger partial charge on any atom is 0.229 e. The smallest absolute Gasteiger partial charge is 0.229 e. The summed E-state index contributed by atoms with van der Waals surface area (Å²) in [5.74, 6) is 0.117. The Labute approximate surface area is 87.6 Å². The summed E-state index contributed by atoms with van der Waals surface area (Å²) in [6.45, 7) is 10.4. The molecular weight excluding hydrogens is 176 g/mol. The summed E-state index contributed by atoms with van der Waals surface area (Å²) in [7, 11) is 1.85. The Morgan fingerprint density at radius 2 is 1.71 bits per heavy atom. The zero-order chi connectivity index (χ0) is 11.6. The third-order valence-electron chi connectivity index (χ3n) is 3.17. The van der Waals surface area contributed by atoms with Gasteiger partial charge in [0.1, 0.15) is 0 Å². The molecule has 84 valence electrons. The van der Waals surface area contributed by atoms with Crippen LogP contribution in [0.2, 0.25) is 0 Å². The van der Waals surface area contributed by atoms with E-state index >= 15 is 0 Å². The Morgan fingerprint density at radius 1 is 1.29 bits per heavy atom. The van der Waals surface area contributed by atoms with Gasteiger partial charge < -0.3 is 10.6 Å². The summed E-state index contributed by atoms with van der Waals surface area (Å²) >= 11 is 0. The lowest BCUT2D eigenvalue weighted by molar-refractivity contribution is -0.143. The highest BCUT2D eigenvalue weighted by atomic mass is 16.2. The monoisotopic (exact) mass is 200 g/mol. The van der Waals surface area contributed by atoms with E-state index < -0.39 is 5.41 Å². The van der Waals surface area contributed by atoms with Crippen LogP contribution >= 0.6 is 0 Å². The number of amides is 1. The Balaban J connectivity index is 4.71. The second-order valence-corrected chi connectivity index (χ2v) is 5.12. The van der Waals surface area contributed by atoms with Crippen molar-refractivity contribution in [1.82, 2.24) is 4.90 Å². The average molecular weight is 200 g/mol. The van der Waals surface area contributed by atoms with Crippen molar-refractivity contribution in [2.75, 3.05) is 13.6 Å². The molecule has 0 saturated carbocycles. The molecule has 0 aromatic rings. The highest BCUT2D eigenvalue weighted by molar-refractivity contribution is 5.82. The molecule has 1 amide bonds. The van der Waals surface area contributed by atoms with E-state index in [9.17, 15) is 4.79 Å². The Morgan fingerprint density at radius 3 is 2.00 bits per heavy atom. The first-order valence-electron chi connectivity index (χ1n) is 5.17. The third-order valence-corrected chi connectivity index (χ3v) is 3.17. The van der Waals surface area contributed by atoms with Gasteiger partial charge >= 0.3 is 0 Å².